The van der Waals surface area contributed by atoms with Crippen LogP contribution in [0.3, 0.4) is 0 Å². The number of hydrogen-bond acceptors (Lipinski definition) is 3. The van der Waals surface area contributed by atoms with Gasteiger partial charge in [-0.2, -0.15) is 0 Å². The minimum Gasteiger partial charge on any atom is -0.489 e. The van der Waals surface area contributed by atoms with Gasteiger partial charge < -0.3 is 10.1 Å². The van der Waals surface area contributed by atoms with E-state index in [-0.39, 0.29) is 0 Å². The molecule has 0 aliphatic carbocycles. The molecular weight excluding hydrogens is 248 g/mol. The fourth-order valence-electron chi connectivity index (χ4n) is 3.25. The molecule has 0 bridgehead atoms. The number of nitrogens with zero attached hydrogens (tertiary/aromatic N) is 1. The minimum absolute atomic E-state index is 0.353. The molecule has 2 heterocycles. The molecule has 1 atom stereocenters. The van der Waals surface area contributed by atoms with E-state index >= 15 is 0 Å². The van der Waals surface area contributed by atoms with Crippen molar-refractivity contribution in [1.82, 2.24) is 10.2 Å². The summed E-state index contributed by atoms with van der Waals surface area (Å²) in [4.78, 5) is 2.52. The van der Waals surface area contributed by atoms with Gasteiger partial charge in [0.15, 0.2) is 0 Å². The molecule has 1 N–H and O–H groups in total. The van der Waals surface area contributed by atoms with E-state index in [2.05, 4.69) is 42.3 Å². The Morgan fingerprint density at radius 1 is 1.30 bits per heavy atom. The van der Waals surface area contributed by atoms with Crippen molar-refractivity contribution in [2.24, 2.45) is 0 Å². The van der Waals surface area contributed by atoms with Crippen LogP contribution in [0.2, 0.25) is 0 Å². The summed E-state index contributed by atoms with van der Waals surface area (Å²) in [5.74, 6) is 1.06. The lowest BCUT2D eigenvalue weighted by molar-refractivity contribution is 0.0706. The van der Waals surface area contributed by atoms with Crippen molar-refractivity contribution in [2.75, 3.05) is 19.6 Å². The average molecular weight is 274 g/mol. The van der Waals surface area contributed by atoms with Gasteiger partial charge in [0.1, 0.15) is 11.9 Å². The van der Waals surface area contributed by atoms with Crippen molar-refractivity contribution >= 4 is 0 Å². The van der Waals surface area contributed by atoms with E-state index in [9.17, 15) is 0 Å². The van der Waals surface area contributed by atoms with Gasteiger partial charge in [-0.15, -0.1) is 0 Å². The first-order valence-corrected chi connectivity index (χ1v) is 7.95. The van der Waals surface area contributed by atoms with Crippen molar-refractivity contribution in [3.05, 3.63) is 29.3 Å². The number of hydrogen-bond donors (Lipinski definition) is 1. The van der Waals surface area contributed by atoms with E-state index in [1.165, 1.54) is 30.5 Å². The smallest absolute Gasteiger partial charge is 0.120 e. The second-order valence-electron chi connectivity index (χ2n) is 6.33. The first kappa shape index (κ1) is 13.9. The zero-order valence-corrected chi connectivity index (χ0v) is 12.7. The van der Waals surface area contributed by atoms with E-state index in [1.807, 2.05) is 0 Å². The summed E-state index contributed by atoms with van der Waals surface area (Å²) < 4.78 is 6.24. The molecule has 2 aliphatic rings. The largest absolute Gasteiger partial charge is 0.489 e. The number of fused-ring (bicyclic) bond motifs is 1. The maximum absolute atomic E-state index is 6.24. The van der Waals surface area contributed by atoms with Gasteiger partial charge >= 0.3 is 0 Å². The predicted octanol–water partition coefficient (Wildman–Crippen LogP) is 2.58. The summed E-state index contributed by atoms with van der Waals surface area (Å²) in [7, 11) is 0. The predicted molar refractivity (Wildman–Crippen MR) is 82.2 cm³/mol. The van der Waals surface area contributed by atoms with Gasteiger partial charge in [0, 0.05) is 19.1 Å². The second kappa shape index (κ2) is 6.15. The van der Waals surface area contributed by atoms with Crippen LogP contribution in [0.1, 0.15) is 37.8 Å². The monoisotopic (exact) mass is 274 g/mol. The van der Waals surface area contributed by atoms with Crippen LogP contribution in [0.25, 0.3) is 0 Å². The molecule has 0 radical (unpaired) electrons. The van der Waals surface area contributed by atoms with Crippen LogP contribution < -0.4 is 10.1 Å². The molecule has 1 unspecified atom stereocenters. The molecule has 110 valence electrons. The Kier molecular flexibility index (Phi) is 4.27. The fraction of sp³-hybridized carbons (Fsp3) is 0.647. The van der Waals surface area contributed by atoms with Gasteiger partial charge in [-0.05, 0) is 69.5 Å². The quantitative estimate of drug-likeness (QED) is 0.917. The van der Waals surface area contributed by atoms with E-state index in [4.69, 9.17) is 4.74 Å². The molecular formula is C17H26N2O. The topological polar surface area (TPSA) is 24.5 Å². The number of ether oxygens (including phenoxy) is 1. The first-order chi connectivity index (χ1) is 9.72. The van der Waals surface area contributed by atoms with Gasteiger partial charge in [0.2, 0.25) is 0 Å². The van der Waals surface area contributed by atoms with Crippen LogP contribution >= 0.6 is 0 Å². The van der Waals surface area contributed by atoms with Gasteiger partial charge in [-0.1, -0.05) is 6.07 Å². The summed E-state index contributed by atoms with van der Waals surface area (Å²) >= 11 is 0. The molecule has 3 heteroatoms. The number of likely N-dealkylation sites (tertiary alicyclic amines) is 1. The van der Waals surface area contributed by atoms with Crippen molar-refractivity contribution in [1.29, 1.82) is 0 Å². The zero-order chi connectivity index (χ0) is 13.9. The third-order valence-electron chi connectivity index (χ3n) is 4.51. The van der Waals surface area contributed by atoms with Crippen molar-refractivity contribution in [3.63, 3.8) is 0 Å². The van der Waals surface area contributed by atoms with Crippen LogP contribution in [0.15, 0.2) is 18.2 Å². The van der Waals surface area contributed by atoms with Crippen molar-refractivity contribution in [3.8, 4) is 5.75 Å². The highest BCUT2D eigenvalue weighted by Gasteiger charge is 2.23. The van der Waals surface area contributed by atoms with Crippen molar-refractivity contribution in [2.45, 2.75) is 51.8 Å². The Labute approximate surface area is 122 Å². The highest BCUT2D eigenvalue weighted by Crippen LogP contribution is 2.24. The van der Waals surface area contributed by atoms with Crippen LogP contribution in [0.5, 0.6) is 5.75 Å². The minimum atomic E-state index is 0.353. The molecule has 20 heavy (non-hydrogen) atoms. The van der Waals surface area contributed by atoms with Crippen LogP contribution in [0.4, 0.5) is 0 Å². The summed E-state index contributed by atoms with van der Waals surface area (Å²) in [6, 6.07) is 7.24. The number of rotatable bonds is 3. The Morgan fingerprint density at radius 2 is 2.20 bits per heavy atom. The lowest BCUT2D eigenvalue weighted by atomic mass is 10.0. The summed E-state index contributed by atoms with van der Waals surface area (Å²) in [6.07, 6.45) is 3.90. The number of piperidine rings is 1. The lowest BCUT2D eigenvalue weighted by Gasteiger charge is -2.35. The standard InChI is InChI=1S/C17H26N2O/c1-13(2)19-9-3-4-17(12-19)20-16-6-5-15-11-18-8-7-14(15)10-16/h5-6,10,13,17-18H,3-4,7-9,11-12H2,1-2H3. The SMILES string of the molecule is CC(C)N1CCCC(Oc2ccc3c(c2)CCNC3)C1. The van der Waals surface area contributed by atoms with Crippen molar-refractivity contribution < 1.29 is 4.74 Å². The molecule has 3 rings (SSSR count). The Morgan fingerprint density at radius 3 is 3.05 bits per heavy atom. The molecule has 0 spiro atoms. The zero-order valence-electron chi connectivity index (χ0n) is 12.7. The highest BCUT2D eigenvalue weighted by atomic mass is 16.5. The molecule has 1 aromatic carbocycles. The second-order valence-corrected chi connectivity index (χ2v) is 6.33. The first-order valence-electron chi connectivity index (χ1n) is 7.95. The maximum atomic E-state index is 6.24. The lowest BCUT2D eigenvalue weighted by Crippen LogP contribution is -2.44. The Bertz CT molecular complexity index is 458. The highest BCUT2D eigenvalue weighted by molar-refractivity contribution is 5.37. The molecule has 1 fully saturated rings. The van der Waals surface area contributed by atoms with Crippen LogP contribution in [0, 0.1) is 0 Å². The Hall–Kier alpha value is -1.06. The fourth-order valence-corrected chi connectivity index (χ4v) is 3.25. The third-order valence-corrected chi connectivity index (χ3v) is 4.51. The van der Waals surface area contributed by atoms with Gasteiger partial charge in [-0.25, -0.2) is 0 Å². The molecule has 0 saturated carbocycles. The molecule has 1 saturated heterocycles. The molecule has 0 aromatic heterocycles. The van der Waals surface area contributed by atoms with E-state index in [0.29, 0.717) is 12.1 Å². The molecule has 3 nitrogen and oxygen atoms in total. The maximum Gasteiger partial charge on any atom is 0.120 e. The molecule has 0 amide bonds. The summed E-state index contributed by atoms with van der Waals surface area (Å²) in [5.41, 5.74) is 2.88. The average Bonchev–Trinajstić information content (AvgIpc) is 2.47. The third kappa shape index (κ3) is 3.15. The number of benzene rings is 1. The number of nitrogens with one attached hydrogen (secondary N) is 1. The van der Waals surface area contributed by atoms with Crippen LogP contribution in [-0.4, -0.2) is 36.7 Å². The Balaban J connectivity index is 1.65. The normalized spacial score (nSPS) is 23.6. The van der Waals surface area contributed by atoms with Crippen LogP contribution in [-0.2, 0) is 13.0 Å². The van der Waals surface area contributed by atoms with Gasteiger partial charge in [0.25, 0.3) is 0 Å². The van der Waals surface area contributed by atoms with Gasteiger partial charge in [-0.3, -0.25) is 4.90 Å². The van der Waals surface area contributed by atoms with E-state index < -0.39 is 0 Å². The summed E-state index contributed by atoms with van der Waals surface area (Å²) in [6.45, 7) is 8.91. The molecule has 2 aliphatic heterocycles. The van der Waals surface area contributed by atoms with Gasteiger partial charge in [0.05, 0.1) is 0 Å². The van der Waals surface area contributed by atoms with E-state index in [1.54, 1.807) is 0 Å². The van der Waals surface area contributed by atoms with E-state index in [0.717, 1.165) is 31.8 Å². The molecule has 1 aromatic rings. The summed E-state index contributed by atoms with van der Waals surface area (Å²) in [5, 5.41) is 3.41.